The van der Waals surface area contributed by atoms with E-state index in [0.717, 1.165) is 16.1 Å². The molecule has 2 rings (SSSR count). The van der Waals surface area contributed by atoms with Crippen LogP contribution in [0.25, 0.3) is 0 Å². The molecule has 0 bridgehead atoms. The third-order valence-corrected chi connectivity index (χ3v) is 6.26. The van der Waals surface area contributed by atoms with E-state index >= 15 is 0 Å². The van der Waals surface area contributed by atoms with E-state index in [0.29, 0.717) is 17.9 Å². The Labute approximate surface area is 202 Å². The van der Waals surface area contributed by atoms with Crippen LogP contribution in [0.15, 0.2) is 54.6 Å². The van der Waals surface area contributed by atoms with Crippen LogP contribution in [0.5, 0.6) is 5.75 Å². The number of sulfonamides is 1. The Kier molecular flexibility index (Phi) is 9.09. The van der Waals surface area contributed by atoms with Gasteiger partial charge in [0, 0.05) is 12.1 Å². The maximum atomic E-state index is 13.6. The van der Waals surface area contributed by atoms with Gasteiger partial charge in [0.1, 0.15) is 18.3 Å². The van der Waals surface area contributed by atoms with Gasteiger partial charge in [-0.3, -0.25) is 13.9 Å². The minimum absolute atomic E-state index is 0.177. The second kappa shape index (κ2) is 11.4. The predicted octanol–water partition coefficient (Wildman–Crippen LogP) is 3.18. The monoisotopic (exact) mass is 489 g/mol. The molecule has 0 saturated carbocycles. The number of hydrogen-bond donors (Lipinski definition) is 1. The third-order valence-electron chi connectivity index (χ3n) is 5.12. The van der Waals surface area contributed by atoms with E-state index in [1.165, 1.54) is 12.0 Å². The Morgan fingerprint density at radius 3 is 2.09 bits per heavy atom. The van der Waals surface area contributed by atoms with Gasteiger partial charge in [0.25, 0.3) is 0 Å². The number of benzene rings is 2. The number of carbonyl (C=O) groups is 2. The predicted molar refractivity (Wildman–Crippen MR) is 134 cm³/mol. The van der Waals surface area contributed by atoms with E-state index in [1.54, 1.807) is 24.3 Å². The first-order valence-corrected chi connectivity index (χ1v) is 13.0. The van der Waals surface area contributed by atoms with Gasteiger partial charge >= 0.3 is 0 Å². The molecule has 0 unspecified atom stereocenters. The molecule has 1 N–H and O–H groups in total. The molecule has 2 amide bonds. The molecule has 0 heterocycles. The van der Waals surface area contributed by atoms with Crippen LogP contribution >= 0.6 is 0 Å². The molecule has 0 fully saturated rings. The normalized spacial score (nSPS) is 12.5. The Balaban J connectivity index is 2.42. The number of methoxy groups -OCH3 is 1. The average Bonchev–Trinajstić information content (AvgIpc) is 2.76. The molecule has 0 aliphatic heterocycles. The van der Waals surface area contributed by atoms with Gasteiger partial charge in [-0.1, -0.05) is 37.3 Å². The van der Waals surface area contributed by atoms with Crippen molar-refractivity contribution in [2.75, 3.05) is 24.2 Å². The molecule has 0 spiro atoms. The molecule has 2 aromatic rings. The van der Waals surface area contributed by atoms with Gasteiger partial charge in [-0.25, -0.2) is 8.42 Å². The number of ether oxygens (including phenoxy) is 1. The lowest BCUT2D eigenvalue weighted by Crippen LogP contribution is -2.55. The van der Waals surface area contributed by atoms with Gasteiger partial charge in [0.15, 0.2) is 0 Å². The van der Waals surface area contributed by atoms with Crippen LogP contribution in [0.2, 0.25) is 0 Å². The average molecular weight is 490 g/mol. The zero-order chi connectivity index (χ0) is 25.5. The van der Waals surface area contributed by atoms with Crippen LogP contribution in [0, 0.1) is 0 Å². The fraction of sp³-hybridized carbons (Fsp3) is 0.440. The number of amides is 2. The summed E-state index contributed by atoms with van der Waals surface area (Å²) in [5.74, 6) is -0.185. The van der Waals surface area contributed by atoms with E-state index in [-0.39, 0.29) is 12.5 Å². The molecule has 2 aromatic carbocycles. The Hall–Kier alpha value is -3.07. The van der Waals surface area contributed by atoms with E-state index in [4.69, 9.17) is 4.74 Å². The number of nitrogens with zero attached hydrogens (tertiary/aromatic N) is 2. The van der Waals surface area contributed by atoms with Crippen molar-refractivity contribution < 1.29 is 22.7 Å². The number of hydrogen-bond acceptors (Lipinski definition) is 5. The van der Waals surface area contributed by atoms with Gasteiger partial charge in [-0.2, -0.15) is 0 Å². The van der Waals surface area contributed by atoms with Gasteiger partial charge in [0.2, 0.25) is 21.8 Å². The third kappa shape index (κ3) is 7.76. The van der Waals surface area contributed by atoms with Crippen molar-refractivity contribution in [1.29, 1.82) is 0 Å². The van der Waals surface area contributed by atoms with Crippen molar-refractivity contribution in [3.05, 3.63) is 60.2 Å². The summed E-state index contributed by atoms with van der Waals surface area (Å²) in [4.78, 5) is 28.1. The summed E-state index contributed by atoms with van der Waals surface area (Å²) in [6, 6.07) is 15.0. The maximum Gasteiger partial charge on any atom is 0.244 e. The molecular formula is C25H35N3O5S. The van der Waals surface area contributed by atoms with Crippen molar-refractivity contribution in [2.24, 2.45) is 0 Å². The minimum atomic E-state index is -3.78. The first-order chi connectivity index (χ1) is 15.9. The van der Waals surface area contributed by atoms with E-state index in [9.17, 15) is 18.0 Å². The second-order valence-corrected chi connectivity index (χ2v) is 11.0. The zero-order valence-corrected chi connectivity index (χ0v) is 21.6. The van der Waals surface area contributed by atoms with Crippen molar-refractivity contribution >= 4 is 27.5 Å². The second-order valence-electron chi connectivity index (χ2n) is 9.14. The van der Waals surface area contributed by atoms with Crippen molar-refractivity contribution in [1.82, 2.24) is 10.2 Å². The molecule has 34 heavy (non-hydrogen) atoms. The van der Waals surface area contributed by atoms with Gasteiger partial charge in [-0.05, 0) is 57.0 Å². The van der Waals surface area contributed by atoms with E-state index < -0.39 is 34.1 Å². The van der Waals surface area contributed by atoms with Crippen LogP contribution in [0.1, 0.15) is 39.7 Å². The molecule has 0 saturated heterocycles. The lowest BCUT2D eigenvalue weighted by atomic mass is 10.1. The number of carbonyl (C=O) groups excluding carboxylic acids is 2. The molecule has 0 radical (unpaired) electrons. The Bertz CT molecular complexity index is 1060. The van der Waals surface area contributed by atoms with Crippen molar-refractivity contribution in [2.45, 2.75) is 52.2 Å². The smallest absolute Gasteiger partial charge is 0.244 e. The minimum Gasteiger partial charge on any atom is -0.497 e. The topological polar surface area (TPSA) is 96.0 Å². The molecule has 8 nitrogen and oxygen atoms in total. The standard InChI is InChI=1S/C25H35N3O5S/c1-7-22(24(30)26-25(2,3)4)27(17-19-11-9-8-10-12-19)23(29)18-28(34(6,31)32)20-13-15-21(33-5)16-14-20/h8-16,22H,7,17-18H2,1-6H3,(H,26,30)/t22-/m1/s1. The van der Waals surface area contributed by atoms with Crippen LogP contribution in [0.4, 0.5) is 5.69 Å². The number of anilines is 1. The Morgan fingerprint density at radius 1 is 1.03 bits per heavy atom. The van der Waals surface area contributed by atoms with Gasteiger partial charge < -0.3 is 15.0 Å². The summed E-state index contributed by atoms with van der Waals surface area (Å²) >= 11 is 0. The molecule has 0 aliphatic carbocycles. The lowest BCUT2D eigenvalue weighted by molar-refractivity contribution is -0.141. The molecule has 0 aromatic heterocycles. The van der Waals surface area contributed by atoms with Crippen LogP contribution in [-0.4, -0.2) is 56.6 Å². The highest BCUT2D eigenvalue weighted by molar-refractivity contribution is 7.92. The van der Waals surface area contributed by atoms with E-state index in [2.05, 4.69) is 5.32 Å². The van der Waals surface area contributed by atoms with Crippen molar-refractivity contribution in [3.8, 4) is 5.75 Å². The van der Waals surface area contributed by atoms with Crippen LogP contribution in [-0.2, 0) is 26.2 Å². The van der Waals surface area contributed by atoms with Gasteiger partial charge in [-0.15, -0.1) is 0 Å². The first kappa shape index (κ1) is 27.2. The molecule has 186 valence electrons. The summed E-state index contributed by atoms with van der Waals surface area (Å²) in [5.41, 5.74) is 0.699. The lowest BCUT2D eigenvalue weighted by Gasteiger charge is -2.34. The van der Waals surface area contributed by atoms with Gasteiger partial charge in [0.05, 0.1) is 19.1 Å². The number of nitrogens with one attached hydrogen (secondary N) is 1. The molecule has 9 heteroatoms. The molecule has 1 atom stereocenters. The zero-order valence-electron chi connectivity index (χ0n) is 20.7. The summed E-state index contributed by atoms with van der Waals surface area (Å²) in [6.07, 6.45) is 1.43. The van der Waals surface area contributed by atoms with Crippen molar-refractivity contribution in [3.63, 3.8) is 0 Å². The summed E-state index contributed by atoms with van der Waals surface area (Å²) in [7, 11) is -2.26. The largest absolute Gasteiger partial charge is 0.497 e. The highest BCUT2D eigenvalue weighted by Crippen LogP contribution is 2.22. The first-order valence-electron chi connectivity index (χ1n) is 11.1. The van der Waals surface area contributed by atoms with Crippen LogP contribution < -0.4 is 14.4 Å². The SMILES string of the molecule is CC[C@H](C(=O)NC(C)(C)C)N(Cc1ccccc1)C(=O)CN(c1ccc(OC)cc1)S(C)(=O)=O. The highest BCUT2D eigenvalue weighted by Gasteiger charge is 2.33. The molecular weight excluding hydrogens is 454 g/mol. The Morgan fingerprint density at radius 2 is 1.62 bits per heavy atom. The number of rotatable bonds is 10. The maximum absolute atomic E-state index is 13.6. The summed E-state index contributed by atoms with van der Waals surface area (Å²) in [6.45, 7) is 7.19. The summed E-state index contributed by atoms with van der Waals surface area (Å²) < 4.78 is 31.4. The fourth-order valence-electron chi connectivity index (χ4n) is 3.51. The summed E-state index contributed by atoms with van der Waals surface area (Å²) in [5, 5.41) is 2.94. The highest BCUT2D eigenvalue weighted by atomic mass is 32.2. The fourth-order valence-corrected chi connectivity index (χ4v) is 4.36. The quantitative estimate of drug-likeness (QED) is 0.553. The molecule has 0 aliphatic rings. The van der Waals surface area contributed by atoms with Crippen LogP contribution in [0.3, 0.4) is 0 Å². The van der Waals surface area contributed by atoms with E-state index in [1.807, 2.05) is 58.0 Å².